The quantitative estimate of drug-likeness (QED) is 0.0841. The lowest BCUT2D eigenvalue weighted by molar-refractivity contribution is -0.0549. The van der Waals surface area contributed by atoms with Crippen LogP contribution < -0.4 is 22.6 Å². The van der Waals surface area contributed by atoms with Crippen molar-refractivity contribution in [3.05, 3.63) is 0 Å². The average molecular weight is 388 g/mol. The molecule has 17 heteroatoms. The van der Waals surface area contributed by atoms with Gasteiger partial charge < -0.3 is 37.6 Å². The van der Waals surface area contributed by atoms with Crippen LogP contribution in [0.1, 0.15) is 0 Å². The maximum atomic E-state index is 9.75. The highest BCUT2D eigenvalue weighted by Gasteiger charge is 2.27. The molecule has 0 heterocycles. The summed E-state index contributed by atoms with van der Waals surface area (Å²) in [5.74, 6) is -0.896. The molecule has 0 amide bonds. The molecule has 0 saturated carbocycles. The van der Waals surface area contributed by atoms with Gasteiger partial charge in [-0.25, -0.2) is 5.43 Å². The van der Waals surface area contributed by atoms with Crippen LogP contribution >= 0.6 is 0 Å². The van der Waals surface area contributed by atoms with Gasteiger partial charge in [0.05, 0.1) is 12.8 Å². The van der Waals surface area contributed by atoms with E-state index >= 15 is 0 Å². The van der Waals surface area contributed by atoms with E-state index in [-0.39, 0.29) is 11.7 Å². The first-order chi connectivity index (χ1) is 11.3. The van der Waals surface area contributed by atoms with Gasteiger partial charge >= 0.3 is 10.4 Å². The molecule has 0 aromatic rings. The fraction of sp³-hybridized carbons (Fsp3) is 0.500. The zero-order chi connectivity index (χ0) is 20.2. The summed E-state index contributed by atoms with van der Waals surface area (Å²) in [6.07, 6.45) is -4.22. The number of hydrazone groups is 1. The van der Waals surface area contributed by atoms with E-state index in [1.807, 2.05) is 5.43 Å². The summed E-state index contributed by atoms with van der Waals surface area (Å²) >= 11 is 0. The Hall–Kier alpha value is -2.41. The molecule has 0 spiro atoms. The Morgan fingerprint density at radius 3 is 2.04 bits per heavy atom. The number of nitrogens with zero attached hydrogens (tertiary/aromatic N) is 3. The van der Waals surface area contributed by atoms with E-state index in [9.17, 15) is 15.3 Å². The number of nitrogens with one attached hydrogen (secondary N) is 2. The summed E-state index contributed by atoms with van der Waals surface area (Å²) < 4.78 is 31.6. The largest absolute Gasteiger partial charge is 0.394 e. The van der Waals surface area contributed by atoms with Crippen LogP contribution in [-0.4, -0.2) is 86.7 Å². The smallest absolute Gasteiger partial charge is 0.394 e. The van der Waals surface area contributed by atoms with Gasteiger partial charge in [0.15, 0.2) is 0 Å². The molecule has 0 aliphatic carbocycles. The fourth-order valence-corrected chi connectivity index (χ4v) is 0.944. The second kappa shape index (κ2) is 12.0. The molecule has 25 heavy (non-hydrogen) atoms. The summed E-state index contributed by atoms with van der Waals surface area (Å²) in [6.45, 7) is -0.781. The summed E-state index contributed by atoms with van der Waals surface area (Å²) in [7, 11) is -4.67. The Labute approximate surface area is 141 Å². The Balaban J connectivity index is 0. The van der Waals surface area contributed by atoms with Crippen molar-refractivity contribution in [2.24, 2.45) is 32.5 Å². The van der Waals surface area contributed by atoms with E-state index in [4.69, 9.17) is 45.2 Å². The minimum absolute atomic E-state index is 0.329. The number of nitrogens with two attached hydrogens (primary N) is 3. The van der Waals surface area contributed by atoms with Crippen molar-refractivity contribution >= 4 is 34.2 Å². The molecule has 0 fully saturated rings. The molecule has 0 bridgehead atoms. The van der Waals surface area contributed by atoms with Gasteiger partial charge in [0.2, 0.25) is 11.9 Å². The summed E-state index contributed by atoms with van der Waals surface area (Å²) in [6, 6.07) is 0. The summed E-state index contributed by atoms with van der Waals surface area (Å²) in [5.41, 5.74) is 16.7. The van der Waals surface area contributed by atoms with E-state index in [2.05, 4.69) is 15.3 Å². The first kappa shape index (κ1) is 24.8. The number of aliphatic hydroxyl groups excluding tert-OH is 4. The van der Waals surface area contributed by atoms with E-state index in [0.29, 0.717) is 0 Å². The Kier molecular flexibility index (Phi) is 11.9. The molecule has 3 unspecified atom stereocenters. The first-order valence-corrected chi connectivity index (χ1v) is 7.33. The molecule has 0 aliphatic rings. The molecule has 14 N–H and O–H groups in total. The number of hydrogen-bond donors (Lipinski definition) is 11. The minimum atomic E-state index is -4.67. The predicted octanol–water partition coefficient (Wildman–Crippen LogP) is -5.49. The van der Waals surface area contributed by atoms with Gasteiger partial charge in [0.1, 0.15) is 24.0 Å². The van der Waals surface area contributed by atoms with Crippen molar-refractivity contribution in [2.45, 2.75) is 18.3 Å². The molecule has 0 aromatic carbocycles. The van der Waals surface area contributed by atoms with Gasteiger partial charge in [-0.2, -0.15) is 18.6 Å². The molecule has 3 atom stereocenters. The average Bonchev–Trinajstić information content (AvgIpc) is 2.46. The van der Waals surface area contributed by atoms with Gasteiger partial charge in [0, 0.05) is 0 Å². The standard InChI is InChI=1S/C8H18N8O4.H2O4S/c9-7(10)15-13-1-3(14-16-8(11)12)5(19)6(20)4(18)2-17;1-5(2,3)4/h1,4-6,17-20H,2H2,(H4,9,10,15)(H4,11,12,16);(H2,1,2,3,4)/b13-1-,14-3-;. The second-order valence-electron chi connectivity index (χ2n) is 3.96. The van der Waals surface area contributed by atoms with Crippen molar-refractivity contribution in [3.63, 3.8) is 0 Å². The van der Waals surface area contributed by atoms with Crippen LogP contribution in [0.4, 0.5) is 0 Å². The lowest BCUT2D eigenvalue weighted by Gasteiger charge is -2.21. The Bertz CT molecular complexity index is 593. The summed E-state index contributed by atoms with van der Waals surface area (Å²) in [4.78, 5) is 0. The van der Waals surface area contributed by atoms with Crippen LogP contribution in [0.3, 0.4) is 0 Å². The van der Waals surface area contributed by atoms with Crippen molar-refractivity contribution in [1.82, 2.24) is 5.43 Å². The van der Waals surface area contributed by atoms with Gasteiger partial charge in [-0.05, 0) is 0 Å². The van der Waals surface area contributed by atoms with Crippen molar-refractivity contribution in [2.75, 3.05) is 6.61 Å². The van der Waals surface area contributed by atoms with E-state index in [1.54, 1.807) is 0 Å². The van der Waals surface area contributed by atoms with Crippen molar-refractivity contribution in [3.8, 4) is 0 Å². The van der Waals surface area contributed by atoms with Gasteiger partial charge in [-0.3, -0.25) is 14.5 Å². The van der Waals surface area contributed by atoms with Crippen LogP contribution in [0.5, 0.6) is 0 Å². The first-order valence-electron chi connectivity index (χ1n) is 5.94. The Morgan fingerprint density at radius 2 is 1.68 bits per heavy atom. The molecule has 0 saturated heterocycles. The highest BCUT2D eigenvalue weighted by molar-refractivity contribution is 7.79. The normalized spacial score (nSPS) is 15.5. The molecule has 0 aromatic heterocycles. The zero-order valence-electron chi connectivity index (χ0n) is 12.5. The Morgan fingerprint density at radius 1 is 1.20 bits per heavy atom. The number of hydrogen-bond acceptors (Lipinski definition) is 10. The second-order valence-corrected chi connectivity index (χ2v) is 4.86. The molecule has 0 radical (unpaired) electrons. The molecular formula is C8H20N8O8S. The zero-order valence-corrected chi connectivity index (χ0v) is 13.3. The third kappa shape index (κ3) is 16.2. The van der Waals surface area contributed by atoms with Crippen LogP contribution in [0.25, 0.3) is 0 Å². The molecule has 146 valence electrons. The number of guanidine groups is 2. The highest BCUT2D eigenvalue weighted by atomic mass is 32.3. The minimum Gasteiger partial charge on any atom is -0.394 e. The molecule has 0 rings (SSSR count). The fourth-order valence-electron chi connectivity index (χ4n) is 0.944. The lowest BCUT2D eigenvalue weighted by atomic mass is 10.0. The monoisotopic (exact) mass is 388 g/mol. The maximum absolute atomic E-state index is 9.75. The molecule has 0 aliphatic heterocycles. The van der Waals surface area contributed by atoms with Crippen LogP contribution in [0, 0.1) is 5.41 Å². The van der Waals surface area contributed by atoms with E-state index < -0.39 is 41.3 Å². The highest BCUT2D eigenvalue weighted by Crippen LogP contribution is 2.02. The maximum Gasteiger partial charge on any atom is 0.394 e. The lowest BCUT2D eigenvalue weighted by Crippen LogP contribution is -2.45. The summed E-state index contributed by atoms with van der Waals surface area (Å²) in [5, 5.41) is 54.2. The molecule has 16 nitrogen and oxygen atoms in total. The van der Waals surface area contributed by atoms with Gasteiger partial charge in [-0.1, -0.05) is 0 Å². The SMILES string of the molecule is N=C(N)N/N=C(/C=N\N=C(N)N)C(O)C(O)C(O)CO.O=S(=O)(O)O. The van der Waals surface area contributed by atoms with E-state index in [0.717, 1.165) is 6.21 Å². The van der Waals surface area contributed by atoms with Gasteiger partial charge in [-0.15, -0.1) is 5.10 Å². The van der Waals surface area contributed by atoms with Gasteiger partial charge in [0.25, 0.3) is 0 Å². The number of aliphatic hydroxyl groups is 4. The van der Waals surface area contributed by atoms with Crippen LogP contribution in [0.15, 0.2) is 15.3 Å². The van der Waals surface area contributed by atoms with Crippen molar-refractivity contribution in [1.29, 1.82) is 5.41 Å². The third-order valence-electron chi connectivity index (χ3n) is 1.88. The van der Waals surface area contributed by atoms with Crippen LogP contribution in [0.2, 0.25) is 0 Å². The molecular weight excluding hydrogens is 368 g/mol. The topological polar surface area (TPSA) is 307 Å². The third-order valence-corrected chi connectivity index (χ3v) is 1.88. The van der Waals surface area contributed by atoms with Crippen LogP contribution in [-0.2, 0) is 10.4 Å². The number of rotatable bonds is 7. The predicted molar refractivity (Wildman–Crippen MR) is 86.1 cm³/mol. The van der Waals surface area contributed by atoms with Crippen molar-refractivity contribution < 1.29 is 37.9 Å². The van der Waals surface area contributed by atoms with E-state index in [1.165, 1.54) is 0 Å².